The number of carbonyl (C=O) groups excluding carboxylic acids is 1. The van der Waals surface area contributed by atoms with E-state index in [2.05, 4.69) is 50.2 Å². The molecular weight excluding hydrogens is 392 g/mol. The van der Waals surface area contributed by atoms with Crippen LogP contribution in [0.3, 0.4) is 0 Å². The number of aromatic amines is 1. The topological polar surface area (TPSA) is 53.9 Å². The molecule has 1 N–H and O–H groups in total. The van der Waals surface area contributed by atoms with E-state index in [1.807, 2.05) is 47.8 Å². The van der Waals surface area contributed by atoms with E-state index in [0.29, 0.717) is 26.1 Å². The van der Waals surface area contributed by atoms with Gasteiger partial charge in [-0.25, -0.2) is 4.98 Å². The summed E-state index contributed by atoms with van der Waals surface area (Å²) < 4.78 is 2.06. The van der Waals surface area contributed by atoms with E-state index in [4.69, 9.17) is 0 Å². The largest absolute Gasteiger partial charge is 0.361 e. The quantitative estimate of drug-likeness (QED) is 0.398. The summed E-state index contributed by atoms with van der Waals surface area (Å²) in [5.74, 6) is 0.148. The molecule has 0 bridgehead atoms. The van der Waals surface area contributed by atoms with Crippen LogP contribution in [0.2, 0.25) is 0 Å². The van der Waals surface area contributed by atoms with Crippen molar-refractivity contribution in [2.24, 2.45) is 0 Å². The number of carbonyl (C=O) groups is 1. The normalized spacial score (nSPS) is 11.3. The summed E-state index contributed by atoms with van der Waals surface area (Å²) in [7, 11) is 0. The van der Waals surface area contributed by atoms with Gasteiger partial charge in [-0.15, -0.1) is 11.3 Å². The Hall–Kier alpha value is -3.38. The van der Waals surface area contributed by atoms with Gasteiger partial charge in [-0.1, -0.05) is 24.3 Å². The first-order valence-corrected chi connectivity index (χ1v) is 10.9. The van der Waals surface area contributed by atoms with Crippen molar-refractivity contribution in [1.29, 1.82) is 0 Å². The molecule has 0 radical (unpaired) electrons. The highest BCUT2D eigenvalue weighted by Gasteiger charge is 2.16. The molecule has 0 aliphatic rings. The van der Waals surface area contributed by atoms with Gasteiger partial charge < -0.3 is 14.5 Å². The standard InChI is InChI=1S/C24H22N4OS/c29-24(10-12-27-17-26-22-5-1-2-6-23(22)27)28(16-20-4-3-13-30-20)15-18-7-8-21-19(14-18)9-11-25-21/h1-9,11,13-14,17,25H,10,12,15-16H2. The van der Waals surface area contributed by atoms with E-state index in [1.165, 1.54) is 10.3 Å². The molecule has 3 heterocycles. The summed E-state index contributed by atoms with van der Waals surface area (Å²) in [6.45, 7) is 1.85. The number of fused-ring (bicyclic) bond motifs is 2. The highest BCUT2D eigenvalue weighted by atomic mass is 32.1. The number of rotatable bonds is 7. The monoisotopic (exact) mass is 414 g/mol. The van der Waals surface area contributed by atoms with Gasteiger partial charge in [0.05, 0.1) is 23.9 Å². The SMILES string of the molecule is O=C(CCn1cnc2ccccc21)N(Cc1ccc2[nH]ccc2c1)Cc1cccs1. The molecule has 0 spiro atoms. The van der Waals surface area contributed by atoms with Crippen molar-refractivity contribution in [3.05, 3.63) is 89.0 Å². The minimum Gasteiger partial charge on any atom is -0.361 e. The molecule has 5 nitrogen and oxygen atoms in total. The lowest BCUT2D eigenvalue weighted by atomic mass is 10.1. The number of nitrogens with one attached hydrogen (secondary N) is 1. The summed E-state index contributed by atoms with van der Waals surface area (Å²) >= 11 is 1.69. The number of thiophene rings is 1. The summed E-state index contributed by atoms with van der Waals surface area (Å²) in [5.41, 5.74) is 4.27. The van der Waals surface area contributed by atoms with Gasteiger partial charge in [-0.05, 0) is 52.7 Å². The van der Waals surface area contributed by atoms with Crippen molar-refractivity contribution in [2.75, 3.05) is 0 Å². The van der Waals surface area contributed by atoms with E-state index in [9.17, 15) is 4.79 Å². The molecule has 0 unspecified atom stereocenters. The molecule has 1 amide bonds. The fourth-order valence-corrected chi connectivity index (χ4v) is 4.53. The minimum absolute atomic E-state index is 0.148. The highest BCUT2D eigenvalue weighted by Crippen LogP contribution is 2.20. The number of hydrogen-bond acceptors (Lipinski definition) is 3. The molecule has 30 heavy (non-hydrogen) atoms. The molecular formula is C24H22N4OS. The number of amides is 1. The zero-order valence-corrected chi connectivity index (χ0v) is 17.3. The highest BCUT2D eigenvalue weighted by molar-refractivity contribution is 7.09. The maximum Gasteiger partial charge on any atom is 0.224 e. The average Bonchev–Trinajstić information content (AvgIpc) is 3.52. The number of imidazole rings is 1. The van der Waals surface area contributed by atoms with Crippen LogP contribution in [-0.2, 0) is 24.4 Å². The van der Waals surface area contributed by atoms with E-state index in [1.54, 1.807) is 11.3 Å². The molecule has 3 aromatic heterocycles. The van der Waals surface area contributed by atoms with Crippen LogP contribution in [-0.4, -0.2) is 25.3 Å². The Labute approximate surface area is 178 Å². The fraction of sp³-hybridized carbons (Fsp3) is 0.167. The van der Waals surface area contributed by atoms with Crippen molar-refractivity contribution in [3.63, 3.8) is 0 Å². The lowest BCUT2D eigenvalue weighted by Crippen LogP contribution is -2.30. The van der Waals surface area contributed by atoms with Crippen molar-refractivity contribution in [1.82, 2.24) is 19.4 Å². The molecule has 5 aromatic rings. The predicted octanol–water partition coefficient (Wildman–Crippen LogP) is 5.20. The van der Waals surface area contributed by atoms with E-state index in [-0.39, 0.29) is 5.91 Å². The summed E-state index contributed by atoms with van der Waals surface area (Å²) in [5, 5.41) is 3.22. The lowest BCUT2D eigenvalue weighted by Gasteiger charge is -2.23. The lowest BCUT2D eigenvalue weighted by molar-refractivity contribution is -0.132. The van der Waals surface area contributed by atoms with Crippen LogP contribution in [0.1, 0.15) is 16.9 Å². The number of aryl methyl sites for hydroxylation is 1. The maximum atomic E-state index is 13.2. The van der Waals surface area contributed by atoms with Crippen LogP contribution < -0.4 is 0 Å². The number of benzene rings is 2. The molecule has 0 saturated heterocycles. The van der Waals surface area contributed by atoms with E-state index >= 15 is 0 Å². The second-order valence-corrected chi connectivity index (χ2v) is 8.44. The Kier molecular flexibility index (Phi) is 5.07. The van der Waals surface area contributed by atoms with Crippen molar-refractivity contribution in [2.45, 2.75) is 26.1 Å². The number of para-hydroxylation sites is 2. The molecule has 2 aromatic carbocycles. The smallest absolute Gasteiger partial charge is 0.224 e. The summed E-state index contributed by atoms with van der Waals surface area (Å²) in [6.07, 6.45) is 4.21. The van der Waals surface area contributed by atoms with Crippen molar-refractivity contribution < 1.29 is 4.79 Å². The first-order chi connectivity index (χ1) is 14.8. The number of nitrogens with zero attached hydrogens (tertiary/aromatic N) is 3. The second kappa shape index (κ2) is 8.16. The van der Waals surface area contributed by atoms with Crippen LogP contribution >= 0.6 is 11.3 Å². The fourth-order valence-electron chi connectivity index (χ4n) is 3.81. The van der Waals surface area contributed by atoms with Crippen molar-refractivity contribution in [3.8, 4) is 0 Å². The first kappa shape index (κ1) is 18.6. The Bertz CT molecular complexity index is 1290. The van der Waals surface area contributed by atoms with Crippen molar-refractivity contribution >= 4 is 39.2 Å². The third kappa shape index (κ3) is 3.86. The molecule has 150 valence electrons. The average molecular weight is 415 g/mol. The van der Waals surface area contributed by atoms with Gasteiger partial charge in [0.2, 0.25) is 5.91 Å². The summed E-state index contributed by atoms with van der Waals surface area (Å²) in [4.78, 5) is 24.0. The van der Waals surface area contributed by atoms with Gasteiger partial charge in [0.15, 0.2) is 0 Å². The van der Waals surface area contributed by atoms with E-state index < -0.39 is 0 Å². The predicted molar refractivity (Wildman–Crippen MR) is 121 cm³/mol. The molecule has 6 heteroatoms. The summed E-state index contributed by atoms with van der Waals surface area (Å²) in [6, 6.07) is 20.5. The number of aromatic nitrogens is 3. The minimum atomic E-state index is 0.148. The first-order valence-electron chi connectivity index (χ1n) is 10.0. The molecule has 0 fully saturated rings. The molecule has 5 rings (SSSR count). The van der Waals surface area contributed by atoms with Gasteiger partial charge in [0.1, 0.15) is 0 Å². The third-order valence-electron chi connectivity index (χ3n) is 5.36. The van der Waals surface area contributed by atoms with Gasteiger partial charge in [0.25, 0.3) is 0 Å². The Morgan fingerprint density at radius 3 is 2.90 bits per heavy atom. The molecule has 0 aliphatic heterocycles. The van der Waals surface area contributed by atoms with Crippen LogP contribution in [0.25, 0.3) is 21.9 Å². The van der Waals surface area contributed by atoms with Gasteiger partial charge in [-0.2, -0.15) is 0 Å². The van der Waals surface area contributed by atoms with Crippen LogP contribution in [0.4, 0.5) is 0 Å². The molecule has 0 atom stereocenters. The Morgan fingerprint density at radius 2 is 2.00 bits per heavy atom. The third-order valence-corrected chi connectivity index (χ3v) is 6.23. The molecule has 0 aliphatic carbocycles. The Morgan fingerprint density at radius 1 is 1.07 bits per heavy atom. The van der Waals surface area contributed by atoms with E-state index in [0.717, 1.165) is 22.1 Å². The molecule has 0 saturated carbocycles. The number of H-pyrrole nitrogens is 1. The zero-order chi connectivity index (χ0) is 20.3. The maximum absolute atomic E-state index is 13.2. The van der Waals surface area contributed by atoms with Crippen LogP contribution in [0.15, 0.2) is 78.6 Å². The van der Waals surface area contributed by atoms with Gasteiger partial charge in [-0.3, -0.25) is 4.79 Å². The van der Waals surface area contributed by atoms with Gasteiger partial charge in [0, 0.05) is 36.1 Å². The number of hydrogen-bond donors (Lipinski definition) is 1. The zero-order valence-electron chi connectivity index (χ0n) is 16.5. The van der Waals surface area contributed by atoms with Crippen LogP contribution in [0, 0.1) is 0 Å². The van der Waals surface area contributed by atoms with Gasteiger partial charge >= 0.3 is 0 Å². The van der Waals surface area contributed by atoms with Crippen LogP contribution in [0.5, 0.6) is 0 Å². The Balaban J connectivity index is 1.34. The second-order valence-electron chi connectivity index (χ2n) is 7.41.